The molecule has 1 aromatic carbocycles. The van der Waals surface area contributed by atoms with Gasteiger partial charge in [-0.25, -0.2) is 0 Å². The lowest BCUT2D eigenvalue weighted by molar-refractivity contribution is 0.357. The smallest absolute Gasteiger partial charge is 0.0366 e. The fourth-order valence-electron chi connectivity index (χ4n) is 3.05. The van der Waals surface area contributed by atoms with Crippen LogP contribution in [0.15, 0.2) is 24.3 Å². The zero-order valence-corrected chi connectivity index (χ0v) is 12.5. The van der Waals surface area contributed by atoms with E-state index in [1.54, 1.807) is 0 Å². The Bertz CT molecular complexity index is 375. The second-order valence-corrected chi connectivity index (χ2v) is 7.15. The van der Waals surface area contributed by atoms with Crippen molar-refractivity contribution >= 4 is 5.69 Å². The number of benzene rings is 1. The first kappa shape index (κ1) is 13.5. The summed E-state index contributed by atoms with van der Waals surface area (Å²) in [6, 6.07) is 9.18. The van der Waals surface area contributed by atoms with E-state index in [2.05, 4.69) is 63.8 Å². The minimum atomic E-state index is 0.251. The van der Waals surface area contributed by atoms with E-state index in [1.807, 2.05) is 0 Å². The molecule has 0 saturated carbocycles. The Balaban J connectivity index is 2.14. The normalized spacial score (nSPS) is 25.3. The predicted octanol–water partition coefficient (Wildman–Crippen LogP) is 4.47. The first-order chi connectivity index (χ1) is 8.36. The summed E-state index contributed by atoms with van der Waals surface area (Å²) in [4.78, 5) is 2.55. The maximum Gasteiger partial charge on any atom is 0.0366 e. The molecular weight excluding hydrogens is 218 g/mol. The fourth-order valence-corrected chi connectivity index (χ4v) is 3.05. The van der Waals surface area contributed by atoms with Gasteiger partial charge in [0.15, 0.2) is 0 Å². The number of anilines is 1. The van der Waals surface area contributed by atoms with Gasteiger partial charge in [0.05, 0.1) is 0 Å². The third-order valence-electron chi connectivity index (χ3n) is 3.97. The highest BCUT2D eigenvalue weighted by Crippen LogP contribution is 2.29. The lowest BCUT2D eigenvalue weighted by Crippen LogP contribution is -2.38. The van der Waals surface area contributed by atoms with Gasteiger partial charge in [-0.1, -0.05) is 46.8 Å². The molecule has 1 aliphatic heterocycles. The monoisotopic (exact) mass is 245 g/mol. The molecule has 1 aromatic rings. The van der Waals surface area contributed by atoms with Crippen molar-refractivity contribution in [3.8, 4) is 0 Å². The maximum absolute atomic E-state index is 2.55. The summed E-state index contributed by atoms with van der Waals surface area (Å²) in [6.45, 7) is 14.0. The Hall–Kier alpha value is -0.980. The van der Waals surface area contributed by atoms with E-state index < -0.39 is 0 Å². The minimum Gasteiger partial charge on any atom is -0.371 e. The van der Waals surface area contributed by atoms with Gasteiger partial charge in [-0.15, -0.1) is 0 Å². The molecule has 100 valence electrons. The van der Waals surface area contributed by atoms with E-state index >= 15 is 0 Å². The summed E-state index contributed by atoms with van der Waals surface area (Å²) in [6.07, 6.45) is 1.37. The zero-order chi connectivity index (χ0) is 13.3. The summed E-state index contributed by atoms with van der Waals surface area (Å²) < 4.78 is 0. The van der Waals surface area contributed by atoms with Crippen molar-refractivity contribution in [3.05, 3.63) is 29.8 Å². The van der Waals surface area contributed by atoms with Gasteiger partial charge in [-0.3, -0.25) is 0 Å². The minimum absolute atomic E-state index is 0.251. The molecule has 1 aliphatic rings. The Kier molecular flexibility index (Phi) is 3.70. The van der Waals surface area contributed by atoms with Crippen molar-refractivity contribution in [2.45, 2.75) is 46.5 Å². The Morgan fingerprint density at radius 3 is 1.89 bits per heavy atom. The molecular formula is C17H27N. The van der Waals surface area contributed by atoms with Crippen LogP contribution in [0, 0.1) is 11.8 Å². The van der Waals surface area contributed by atoms with E-state index in [1.165, 1.54) is 30.8 Å². The standard InChI is InChI=1S/C17H27N/c1-13-10-14(2)12-18(11-13)16-8-6-15(7-9-16)17(3,4)5/h6-9,13-14H,10-12H2,1-5H3/t13-,14-/m0/s1. The molecule has 0 N–H and O–H groups in total. The predicted molar refractivity (Wildman–Crippen MR) is 80.3 cm³/mol. The number of hydrogen-bond acceptors (Lipinski definition) is 1. The Morgan fingerprint density at radius 1 is 0.944 bits per heavy atom. The van der Waals surface area contributed by atoms with Gasteiger partial charge in [0.25, 0.3) is 0 Å². The van der Waals surface area contributed by atoms with Gasteiger partial charge < -0.3 is 4.90 Å². The van der Waals surface area contributed by atoms with Crippen molar-refractivity contribution < 1.29 is 0 Å². The van der Waals surface area contributed by atoms with Gasteiger partial charge in [0.2, 0.25) is 0 Å². The fraction of sp³-hybridized carbons (Fsp3) is 0.647. The van der Waals surface area contributed by atoms with Crippen molar-refractivity contribution in [1.82, 2.24) is 0 Å². The molecule has 0 radical (unpaired) electrons. The molecule has 1 heterocycles. The van der Waals surface area contributed by atoms with Crippen LogP contribution in [0.4, 0.5) is 5.69 Å². The third-order valence-corrected chi connectivity index (χ3v) is 3.97. The van der Waals surface area contributed by atoms with E-state index in [4.69, 9.17) is 0 Å². The SMILES string of the molecule is C[C@H]1C[C@H](C)CN(c2ccc(C(C)(C)C)cc2)C1. The van der Waals surface area contributed by atoms with Crippen molar-refractivity contribution in [2.75, 3.05) is 18.0 Å². The van der Waals surface area contributed by atoms with Crippen LogP contribution < -0.4 is 4.90 Å². The highest BCUT2D eigenvalue weighted by Gasteiger charge is 2.22. The molecule has 2 atom stereocenters. The largest absolute Gasteiger partial charge is 0.371 e. The van der Waals surface area contributed by atoms with E-state index in [9.17, 15) is 0 Å². The first-order valence-corrected chi connectivity index (χ1v) is 7.22. The third kappa shape index (κ3) is 3.07. The highest BCUT2D eigenvalue weighted by molar-refractivity contribution is 5.49. The molecule has 1 fully saturated rings. The zero-order valence-electron chi connectivity index (χ0n) is 12.5. The molecule has 2 rings (SSSR count). The van der Waals surface area contributed by atoms with Gasteiger partial charge in [-0.05, 0) is 41.4 Å². The van der Waals surface area contributed by atoms with E-state index in [-0.39, 0.29) is 5.41 Å². The molecule has 0 spiro atoms. The molecule has 1 nitrogen and oxygen atoms in total. The maximum atomic E-state index is 2.55. The average molecular weight is 245 g/mol. The first-order valence-electron chi connectivity index (χ1n) is 7.22. The summed E-state index contributed by atoms with van der Waals surface area (Å²) >= 11 is 0. The summed E-state index contributed by atoms with van der Waals surface area (Å²) in [5, 5.41) is 0. The summed E-state index contributed by atoms with van der Waals surface area (Å²) in [5.41, 5.74) is 3.06. The molecule has 0 aliphatic carbocycles. The molecule has 0 aromatic heterocycles. The lowest BCUT2D eigenvalue weighted by atomic mass is 9.86. The van der Waals surface area contributed by atoms with Gasteiger partial charge in [0, 0.05) is 18.8 Å². The van der Waals surface area contributed by atoms with Crippen LogP contribution in [0.2, 0.25) is 0 Å². The average Bonchev–Trinajstić information content (AvgIpc) is 2.27. The van der Waals surface area contributed by atoms with Crippen LogP contribution >= 0.6 is 0 Å². The van der Waals surface area contributed by atoms with Crippen LogP contribution in [-0.4, -0.2) is 13.1 Å². The van der Waals surface area contributed by atoms with Crippen molar-refractivity contribution in [3.63, 3.8) is 0 Å². The number of nitrogens with zero attached hydrogens (tertiary/aromatic N) is 1. The topological polar surface area (TPSA) is 3.24 Å². The lowest BCUT2D eigenvalue weighted by Gasteiger charge is -2.37. The molecule has 18 heavy (non-hydrogen) atoms. The highest BCUT2D eigenvalue weighted by atomic mass is 15.1. The molecule has 0 bridgehead atoms. The Morgan fingerprint density at radius 2 is 1.44 bits per heavy atom. The van der Waals surface area contributed by atoms with Gasteiger partial charge >= 0.3 is 0 Å². The van der Waals surface area contributed by atoms with Crippen LogP contribution in [0.5, 0.6) is 0 Å². The second-order valence-electron chi connectivity index (χ2n) is 7.15. The molecule has 0 unspecified atom stereocenters. The van der Waals surface area contributed by atoms with Gasteiger partial charge in [-0.2, -0.15) is 0 Å². The van der Waals surface area contributed by atoms with E-state index in [0.29, 0.717) is 0 Å². The van der Waals surface area contributed by atoms with Crippen molar-refractivity contribution in [2.24, 2.45) is 11.8 Å². The quantitative estimate of drug-likeness (QED) is 0.706. The van der Waals surface area contributed by atoms with Crippen LogP contribution in [0.1, 0.15) is 46.6 Å². The summed E-state index contributed by atoms with van der Waals surface area (Å²) in [5.74, 6) is 1.63. The molecule has 1 heteroatoms. The molecule has 0 amide bonds. The Labute approximate surface area is 112 Å². The number of rotatable bonds is 1. The second kappa shape index (κ2) is 4.95. The number of piperidine rings is 1. The van der Waals surface area contributed by atoms with Crippen LogP contribution in [0.3, 0.4) is 0 Å². The molecule has 1 saturated heterocycles. The van der Waals surface area contributed by atoms with Gasteiger partial charge in [0.1, 0.15) is 0 Å². The number of hydrogen-bond donors (Lipinski definition) is 0. The van der Waals surface area contributed by atoms with Crippen LogP contribution in [0.25, 0.3) is 0 Å². The summed E-state index contributed by atoms with van der Waals surface area (Å²) in [7, 11) is 0. The van der Waals surface area contributed by atoms with Crippen molar-refractivity contribution in [1.29, 1.82) is 0 Å². The van der Waals surface area contributed by atoms with Crippen LogP contribution in [-0.2, 0) is 5.41 Å². The van der Waals surface area contributed by atoms with E-state index in [0.717, 1.165) is 11.8 Å².